The van der Waals surface area contributed by atoms with Crippen LogP contribution in [0.25, 0.3) is 5.65 Å². The highest BCUT2D eigenvalue weighted by molar-refractivity contribution is 6.00. The van der Waals surface area contributed by atoms with Crippen LogP contribution in [0.2, 0.25) is 0 Å². The Morgan fingerprint density at radius 1 is 1.37 bits per heavy atom. The van der Waals surface area contributed by atoms with E-state index in [1.807, 2.05) is 0 Å². The van der Waals surface area contributed by atoms with E-state index in [2.05, 4.69) is 15.8 Å². The molecule has 1 fully saturated rings. The van der Waals surface area contributed by atoms with E-state index in [9.17, 15) is 13.6 Å². The molecule has 0 saturated heterocycles. The number of fused-ring (bicyclic) bond motifs is 1. The molecule has 0 bridgehead atoms. The summed E-state index contributed by atoms with van der Waals surface area (Å²) < 4.78 is 30.6. The van der Waals surface area contributed by atoms with Gasteiger partial charge in [0.1, 0.15) is 5.82 Å². The maximum Gasteiger partial charge on any atom is 0.278 e. The van der Waals surface area contributed by atoms with Crippen molar-refractivity contribution in [2.24, 2.45) is 5.92 Å². The summed E-state index contributed by atoms with van der Waals surface area (Å²) in [4.78, 5) is 21.7. The van der Waals surface area contributed by atoms with Crippen LogP contribution in [-0.2, 0) is 4.84 Å². The molecule has 2 heterocycles. The maximum absolute atomic E-state index is 15.0. The van der Waals surface area contributed by atoms with Crippen molar-refractivity contribution < 1.29 is 18.4 Å². The van der Waals surface area contributed by atoms with Crippen LogP contribution in [0, 0.1) is 24.5 Å². The SMILES string of the molecule is Cc1ccc(Nc2c(C(=O)NOCC3CC3)cn3ccnc3c2F)c(F)c1. The molecule has 4 rings (SSSR count). The summed E-state index contributed by atoms with van der Waals surface area (Å²) >= 11 is 0. The maximum atomic E-state index is 15.0. The number of amides is 1. The second-order valence-corrected chi connectivity index (χ2v) is 6.68. The topological polar surface area (TPSA) is 67.7 Å². The zero-order valence-electron chi connectivity index (χ0n) is 14.6. The van der Waals surface area contributed by atoms with E-state index < -0.39 is 17.5 Å². The number of halogens is 2. The Kier molecular flexibility index (Phi) is 4.49. The van der Waals surface area contributed by atoms with Crippen LogP contribution in [-0.4, -0.2) is 21.9 Å². The van der Waals surface area contributed by atoms with E-state index in [0.29, 0.717) is 12.5 Å². The van der Waals surface area contributed by atoms with Gasteiger partial charge in [0, 0.05) is 18.6 Å². The van der Waals surface area contributed by atoms with Crippen molar-refractivity contribution in [2.75, 3.05) is 11.9 Å². The molecule has 1 aromatic carbocycles. The van der Waals surface area contributed by atoms with Gasteiger partial charge in [-0.25, -0.2) is 19.2 Å². The molecule has 2 aromatic heterocycles. The number of aromatic nitrogens is 2. The van der Waals surface area contributed by atoms with Crippen LogP contribution in [0.4, 0.5) is 20.2 Å². The Bertz CT molecular complexity index is 1010. The predicted molar refractivity (Wildman–Crippen MR) is 95.7 cm³/mol. The third-order valence-electron chi connectivity index (χ3n) is 4.43. The lowest BCUT2D eigenvalue weighted by Crippen LogP contribution is -2.26. The molecular weight excluding hydrogens is 354 g/mol. The Balaban J connectivity index is 1.69. The Labute approximate surface area is 154 Å². The van der Waals surface area contributed by atoms with Gasteiger partial charge >= 0.3 is 0 Å². The summed E-state index contributed by atoms with van der Waals surface area (Å²) in [5, 5.41) is 2.69. The molecule has 3 aromatic rings. The molecule has 1 aliphatic carbocycles. The van der Waals surface area contributed by atoms with Crippen LogP contribution in [0.5, 0.6) is 0 Å². The van der Waals surface area contributed by atoms with Gasteiger partial charge < -0.3 is 9.72 Å². The predicted octanol–water partition coefficient (Wildman–Crippen LogP) is 3.74. The number of hydrogen-bond donors (Lipinski definition) is 2. The normalized spacial score (nSPS) is 13.7. The van der Waals surface area contributed by atoms with Crippen molar-refractivity contribution in [1.82, 2.24) is 14.9 Å². The number of aryl methyl sites for hydroxylation is 1. The Hall–Kier alpha value is -3.00. The van der Waals surface area contributed by atoms with Crippen molar-refractivity contribution in [2.45, 2.75) is 19.8 Å². The lowest BCUT2D eigenvalue weighted by atomic mass is 10.1. The van der Waals surface area contributed by atoms with Crippen LogP contribution in [0.3, 0.4) is 0 Å². The number of rotatable bonds is 6. The summed E-state index contributed by atoms with van der Waals surface area (Å²) in [5.74, 6) is -1.47. The highest BCUT2D eigenvalue weighted by Gasteiger charge is 2.24. The van der Waals surface area contributed by atoms with Gasteiger partial charge in [0.05, 0.1) is 23.5 Å². The van der Waals surface area contributed by atoms with Crippen molar-refractivity contribution in [3.05, 3.63) is 59.6 Å². The lowest BCUT2D eigenvalue weighted by molar-refractivity contribution is 0.0270. The Morgan fingerprint density at radius 3 is 2.93 bits per heavy atom. The van der Waals surface area contributed by atoms with Crippen molar-refractivity contribution in [1.29, 1.82) is 0 Å². The first kappa shape index (κ1) is 17.4. The van der Waals surface area contributed by atoms with Crippen molar-refractivity contribution >= 4 is 22.9 Å². The third-order valence-corrected chi connectivity index (χ3v) is 4.43. The fourth-order valence-electron chi connectivity index (χ4n) is 2.74. The molecule has 140 valence electrons. The van der Waals surface area contributed by atoms with Gasteiger partial charge in [-0.3, -0.25) is 9.63 Å². The minimum atomic E-state index is -0.755. The molecule has 8 heteroatoms. The number of carbonyl (C=O) groups is 1. The molecule has 0 atom stereocenters. The minimum absolute atomic E-state index is 0.0197. The molecule has 0 spiro atoms. The lowest BCUT2D eigenvalue weighted by Gasteiger charge is -2.15. The Morgan fingerprint density at radius 2 is 2.19 bits per heavy atom. The average Bonchev–Trinajstić information content (AvgIpc) is 3.33. The molecule has 27 heavy (non-hydrogen) atoms. The highest BCUT2D eigenvalue weighted by Crippen LogP contribution is 2.30. The van der Waals surface area contributed by atoms with Gasteiger partial charge in [0.25, 0.3) is 5.91 Å². The van der Waals surface area contributed by atoms with E-state index in [0.717, 1.165) is 18.4 Å². The standard InChI is InChI=1S/C19H18F2N4O2/c1-11-2-5-15(14(20)8-11)23-17-13(19(26)24-27-10-12-3-4-12)9-25-7-6-22-18(25)16(17)21/h2,5-9,12,23H,3-4,10H2,1H3,(H,24,26). The summed E-state index contributed by atoms with van der Waals surface area (Å²) in [6.07, 6.45) is 6.52. The first-order chi connectivity index (χ1) is 13.0. The van der Waals surface area contributed by atoms with Crippen molar-refractivity contribution in [3.63, 3.8) is 0 Å². The summed E-state index contributed by atoms with van der Waals surface area (Å²) in [6, 6.07) is 4.51. The number of benzene rings is 1. The summed E-state index contributed by atoms with van der Waals surface area (Å²) in [6.45, 7) is 2.16. The van der Waals surface area contributed by atoms with Crippen LogP contribution in [0.1, 0.15) is 28.8 Å². The van der Waals surface area contributed by atoms with Gasteiger partial charge in [-0.05, 0) is 43.4 Å². The van der Waals surface area contributed by atoms with Crippen LogP contribution < -0.4 is 10.8 Å². The average molecular weight is 372 g/mol. The zero-order chi connectivity index (χ0) is 19.0. The van der Waals surface area contributed by atoms with E-state index in [4.69, 9.17) is 4.84 Å². The molecule has 1 amide bonds. The number of hydrogen-bond acceptors (Lipinski definition) is 4. The summed E-state index contributed by atoms with van der Waals surface area (Å²) in [7, 11) is 0. The number of pyridine rings is 1. The molecule has 1 aliphatic rings. The fourth-order valence-corrected chi connectivity index (χ4v) is 2.74. The molecule has 0 unspecified atom stereocenters. The number of nitrogens with zero attached hydrogens (tertiary/aromatic N) is 2. The van der Waals surface area contributed by atoms with E-state index in [1.54, 1.807) is 13.0 Å². The van der Waals surface area contributed by atoms with Crippen LogP contribution >= 0.6 is 0 Å². The number of imidazole rings is 1. The monoisotopic (exact) mass is 372 g/mol. The molecule has 0 radical (unpaired) electrons. The number of nitrogens with one attached hydrogen (secondary N) is 2. The third kappa shape index (κ3) is 3.61. The van der Waals surface area contributed by atoms with E-state index in [-0.39, 0.29) is 22.6 Å². The highest BCUT2D eigenvalue weighted by atomic mass is 19.1. The molecule has 1 saturated carbocycles. The first-order valence-corrected chi connectivity index (χ1v) is 8.63. The fraction of sp³-hybridized carbons (Fsp3) is 0.263. The van der Waals surface area contributed by atoms with Gasteiger partial charge in [-0.1, -0.05) is 6.07 Å². The number of anilines is 2. The quantitative estimate of drug-likeness (QED) is 0.647. The largest absolute Gasteiger partial charge is 0.350 e. The van der Waals surface area contributed by atoms with Crippen molar-refractivity contribution in [3.8, 4) is 0 Å². The van der Waals surface area contributed by atoms with Gasteiger partial charge in [-0.2, -0.15) is 0 Å². The minimum Gasteiger partial charge on any atom is -0.350 e. The van der Waals surface area contributed by atoms with Gasteiger partial charge in [0.2, 0.25) is 0 Å². The van der Waals surface area contributed by atoms with E-state index in [1.165, 1.54) is 35.1 Å². The summed E-state index contributed by atoms with van der Waals surface area (Å²) in [5.41, 5.74) is 2.97. The second kappa shape index (κ2) is 6.96. The molecule has 0 aliphatic heterocycles. The van der Waals surface area contributed by atoms with Crippen LogP contribution in [0.15, 0.2) is 36.8 Å². The number of carbonyl (C=O) groups excluding carboxylic acids is 1. The smallest absolute Gasteiger partial charge is 0.278 e. The molecule has 2 N–H and O–H groups in total. The van der Waals surface area contributed by atoms with Gasteiger partial charge in [0.15, 0.2) is 11.5 Å². The second-order valence-electron chi connectivity index (χ2n) is 6.68. The molecular formula is C19H18F2N4O2. The first-order valence-electron chi connectivity index (χ1n) is 8.63. The number of hydroxylamine groups is 1. The van der Waals surface area contributed by atoms with Gasteiger partial charge in [-0.15, -0.1) is 0 Å². The molecule has 6 nitrogen and oxygen atoms in total. The van der Waals surface area contributed by atoms with E-state index >= 15 is 0 Å². The zero-order valence-corrected chi connectivity index (χ0v) is 14.6.